The average molecular weight is 396 g/mol. The smallest absolute Gasteiger partial charge is 0.416 e. The Hall–Kier alpha value is -3.04. The van der Waals surface area contributed by atoms with Gasteiger partial charge in [0.1, 0.15) is 11.3 Å². The van der Waals surface area contributed by atoms with Crippen molar-refractivity contribution in [1.29, 1.82) is 0 Å². The lowest BCUT2D eigenvalue weighted by atomic mass is 10.2. The van der Waals surface area contributed by atoms with Gasteiger partial charge >= 0.3 is 12.3 Å². The molecule has 0 fully saturated rings. The molecule has 1 aromatic carbocycles. The monoisotopic (exact) mass is 396 g/mol. The summed E-state index contributed by atoms with van der Waals surface area (Å²) in [6, 6.07) is 4.26. The van der Waals surface area contributed by atoms with Crippen LogP contribution in [0, 0.1) is 0 Å². The Bertz CT molecular complexity index is 1000. The summed E-state index contributed by atoms with van der Waals surface area (Å²) in [6.45, 7) is 6.92. The number of nitrogens with one attached hydrogen (secondary N) is 2. The van der Waals surface area contributed by atoms with Gasteiger partial charge in [-0.2, -0.15) is 13.2 Å². The first kappa shape index (κ1) is 19.7. The van der Waals surface area contributed by atoms with Crippen molar-refractivity contribution in [1.82, 2.24) is 20.4 Å². The zero-order valence-electron chi connectivity index (χ0n) is 15.6. The van der Waals surface area contributed by atoms with Gasteiger partial charge in [-0.3, -0.25) is 0 Å². The van der Waals surface area contributed by atoms with Crippen molar-refractivity contribution in [2.24, 2.45) is 0 Å². The molecule has 0 aliphatic carbocycles. The van der Waals surface area contributed by atoms with Crippen molar-refractivity contribution in [2.45, 2.75) is 45.5 Å². The summed E-state index contributed by atoms with van der Waals surface area (Å²) >= 11 is 0. The molecular weight excluding hydrogens is 377 g/mol. The van der Waals surface area contributed by atoms with Gasteiger partial charge in [0, 0.05) is 6.07 Å². The summed E-state index contributed by atoms with van der Waals surface area (Å²) in [6.07, 6.45) is -5.06. The van der Waals surface area contributed by atoms with Crippen LogP contribution in [-0.4, -0.2) is 26.8 Å². The Morgan fingerprint density at radius 1 is 1.25 bits per heavy atom. The molecule has 0 saturated heterocycles. The lowest BCUT2D eigenvalue weighted by Gasteiger charge is -2.21. The second kappa shape index (κ2) is 6.84. The van der Waals surface area contributed by atoms with Gasteiger partial charge in [0.15, 0.2) is 11.6 Å². The normalized spacial score (nSPS) is 13.5. The Kier molecular flexibility index (Phi) is 4.82. The Labute approximate surface area is 158 Å². The molecule has 0 aliphatic rings. The van der Waals surface area contributed by atoms with Gasteiger partial charge in [-0.1, -0.05) is 5.16 Å². The third-order valence-corrected chi connectivity index (χ3v) is 3.74. The highest BCUT2D eigenvalue weighted by molar-refractivity contribution is 5.79. The van der Waals surface area contributed by atoms with E-state index in [0.717, 1.165) is 12.1 Å². The number of hydrogen-bond acceptors (Lipinski definition) is 5. The van der Waals surface area contributed by atoms with Crippen LogP contribution in [-0.2, 0) is 10.9 Å². The van der Waals surface area contributed by atoms with Gasteiger partial charge in [0.25, 0.3) is 0 Å². The van der Waals surface area contributed by atoms with Gasteiger partial charge in [-0.25, -0.2) is 9.78 Å². The number of amides is 1. The van der Waals surface area contributed by atoms with Crippen molar-refractivity contribution in [3.8, 4) is 11.5 Å². The molecule has 0 bridgehead atoms. The molecule has 2 N–H and O–H groups in total. The molecule has 7 nitrogen and oxygen atoms in total. The summed E-state index contributed by atoms with van der Waals surface area (Å²) in [4.78, 5) is 18.9. The quantitative estimate of drug-likeness (QED) is 0.662. The van der Waals surface area contributed by atoms with Gasteiger partial charge < -0.3 is 19.6 Å². The first-order valence-corrected chi connectivity index (χ1v) is 8.46. The zero-order chi connectivity index (χ0) is 20.7. The van der Waals surface area contributed by atoms with E-state index in [-0.39, 0.29) is 11.3 Å². The van der Waals surface area contributed by atoms with E-state index in [0.29, 0.717) is 17.0 Å². The van der Waals surface area contributed by atoms with Crippen LogP contribution < -0.4 is 5.32 Å². The molecule has 28 heavy (non-hydrogen) atoms. The van der Waals surface area contributed by atoms with Crippen molar-refractivity contribution in [2.75, 3.05) is 0 Å². The number of ether oxygens (including phenoxy) is 1. The number of carbonyl (C=O) groups is 1. The number of halogens is 3. The van der Waals surface area contributed by atoms with Gasteiger partial charge in [-0.15, -0.1) is 0 Å². The maximum absolute atomic E-state index is 12.8. The molecule has 0 aliphatic heterocycles. The van der Waals surface area contributed by atoms with E-state index in [1.54, 1.807) is 33.8 Å². The second-order valence-corrected chi connectivity index (χ2v) is 7.30. The van der Waals surface area contributed by atoms with E-state index in [4.69, 9.17) is 9.26 Å². The number of alkyl halides is 3. The Morgan fingerprint density at radius 2 is 1.96 bits per heavy atom. The molecule has 1 atom stereocenters. The van der Waals surface area contributed by atoms with Crippen LogP contribution in [0.2, 0.25) is 0 Å². The molecule has 1 amide bonds. The van der Waals surface area contributed by atoms with Crippen LogP contribution >= 0.6 is 0 Å². The minimum Gasteiger partial charge on any atom is -0.444 e. The van der Waals surface area contributed by atoms with E-state index in [1.165, 1.54) is 6.07 Å². The molecule has 0 unspecified atom stereocenters. The predicted molar refractivity (Wildman–Crippen MR) is 94.4 cm³/mol. The molecule has 10 heteroatoms. The number of fused-ring (bicyclic) bond motifs is 1. The summed E-state index contributed by atoms with van der Waals surface area (Å²) in [7, 11) is 0. The number of hydrogen-bond donors (Lipinski definition) is 2. The Morgan fingerprint density at radius 3 is 2.61 bits per heavy atom. The lowest BCUT2D eigenvalue weighted by molar-refractivity contribution is -0.137. The maximum Gasteiger partial charge on any atom is 0.416 e. The SMILES string of the molecule is C[C@H](NC(=O)OC(C)(C)C)c1cc(-c2nc3cc(C(F)(F)F)ccc3[nH]2)no1. The molecule has 150 valence electrons. The molecule has 3 aromatic rings. The predicted octanol–water partition coefficient (Wildman–Crippen LogP) is 4.82. The number of aromatic nitrogens is 3. The molecule has 2 aromatic heterocycles. The Balaban J connectivity index is 1.79. The number of alkyl carbamates (subject to hydrolysis) is 1. The molecule has 0 spiro atoms. The second-order valence-electron chi connectivity index (χ2n) is 7.30. The van der Waals surface area contributed by atoms with E-state index in [9.17, 15) is 18.0 Å². The number of nitrogens with zero attached hydrogens (tertiary/aromatic N) is 2. The summed E-state index contributed by atoms with van der Waals surface area (Å²) < 4.78 is 48.9. The van der Waals surface area contributed by atoms with Crippen molar-refractivity contribution >= 4 is 17.1 Å². The first-order chi connectivity index (χ1) is 12.9. The number of H-pyrrole nitrogens is 1. The fourth-order valence-corrected chi connectivity index (χ4v) is 2.46. The number of aromatic amines is 1. The third-order valence-electron chi connectivity index (χ3n) is 3.74. The standard InChI is InChI=1S/C18H19F3N4O3/c1-9(22-16(26)27-17(2,3)4)14-8-13(25-28-14)15-23-11-6-5-10(18(19,20)21)7-12(11)24-15/h5-9H,1-4H3,(H,22,26)(H,23,24)/t9-/m0/s1. The van der Waals surface area contributed by atoms with Crippen LogP contribution in [0.1, 0.15) is 45.1 Å². The summed E-state index contributed by atoms with van der Waals surface area (Å²) in [5.41, 5.74) is -0.520. The van der Waals surface area contributed by atoms with Crippen LogP contribution in [0.3, 0.4) is 0 Å². The average Bonchev–Trinajstić information content (AvgIpc) is 3.18. The third kappa shape index (κ3) is 4.44. The maximum atomic E-state index is 12.8. The van der Waals surface area contributed by atoms with E-state index >= 15 is 0 Å². The number of rotatable bonds is 3. The highest BCUT2D eigenvalue weighted by atomic mass is 19.4. The highest BCUT2D eigenvalue weighted by Gasteiger charge is 2.31. The van der Waals surface area contributed by atoms with Crippen molar-refractivity contribution < 1.29 is 27.2 Å². The van der Waals surface area contributed by atoms with Crippen LogP contribution in [0.4, 0.5) is 18.0 Å². The van der Waals surface area contributed by atoms with Crippen molar-refractivity contribution in [3.05, 3.63) is 35.6 Å². The topological polar surface area (TPSA) is 93.0 Å². The van der Waals surface area contributed by atoms with Crippen molar-refractivity contribution in [3.63, 3.8) is 0 Å². The summed E-state index contributed by atoms with van der Waals surface area (Å²) in [5, 5.41) is 6.49. The molecular formula is C18H19F3N4O3. The highest BCUT2D eigenvalue weighted by Crippen LogP contribution is 2.31. The van der Waals surface area contributed by atoms with Crippen LogP contribution in [0.5, 0.6) is 0 Å². The first-order valence-electron chi connectivity index (χ1n) is 8.46. The largest absolute Gasteiger partial charge is 0.444 e. The van der Waals surface area contributed by atoms with E-state index in [2.05, 4.69) is 20.4 Å². The lowest BCUT2D eigenvalue weighted by Crippen LogP contribution is -2.33. The number of carbonyl (C=O) groups excluding carboxylic acids is 1. The minimum atomic E-state index is -4.45. The van der Waals surface area contributed by atoms with Crippen LogP contribution in [0.15, 0.2) is 28.8 Å². The summed E-state index contributed by atoms with van der Waals surface area (Å²) in [5.74, 6) is 0.603. The van der Waals surface area contributed by atoms with Crippen LogP contribution in [0.25, 0.3) is 22.6 Å². The van der Waals surface area contributed by atoms with Gasteiger partial charge in [0.2, 0.25) is 0 Å². The minimum absolute atomic E-state index is 0.161. The fraction of sp³-hybridized carbons (Fsp3) is 0.389. The van der Waals surface area contributed by atoms with E-state index in [1.807, 2.05) is 0 Å². The molecule has 3 rings (SSSR count). The molecule has 0 saturated carbocycles. The fourth-order valence-electron chi connectivity index (χ4n) is 2.46. The number of benzene rings is 1. The van der Waals surface area contributed by atoms with E-state index < -0.39 is 29.5 Å². The molecule has 0 radical (unpaired) electrons. The van der Waals surface area contributed by atoms with Gasteiger partial charge in [-0.05, 0) is 45.9 Å². The number of imidazole rings is 1. The van der Waals surface area contributed by atoms with Gasteiger partial charge in [0.05, 0.1) is 22.6 Å². The molecule has 2 heterocycles. The zero-order valence-corrected chi connectivity index (χ0v) is 15.6.